The van der Waals surface area contributed by atoms with E-state index >= 15 is 0 Å². The predicted molar refractivity (Wildman–Crippen MR) is 67.3 cm³/mol. The van der Waals surface area contributed by atoms with E-state index in [1.807, 2.05) is 24.3 Å². The second-order valence-corrected chi connectivity index (χ2v) is 4.05. The lowest BCUT2D eigenvalue weighted by molar-refractivity contribution is 0.414. The predicted octanol–water partition coefficient (Wildman–Crippen LogP) is 1.73. The summed E-state index contributed by atoms with van der Waals surface area (Å²) in [5.41, 5.74) is 0.383. The lowest BCUT2D eigenvalue weighted by atomic mass is 10.1. The van der Waals surface area contributed by atoms with Gasteiger partial charge in [0.05, 0.1) is 7.11 Å². The molecule has 0 aliphatic carbocycles. The quantitative estimate of drug-likeness (QED) is 0.887. The zero-order valence-electron chi connectivity index (χ0n) is 9.61. The molecule has 0 amide bonds. The SMILES string of the molecule is COc1ccc(Cc2nc(O)c(Cl)c(=O)[nH]2)cc1. The number of ether oxygens (including phenoxy) is 1. The van der Waals surface area contributed by atoms with Crippen molar-refractivity contribution in [2.24, 2.45) is 0 Å². The number of aromatic amines is 1. The van der Waals surface area contributed by atoms with Crippen molar-refractivity contribution in [2.45, 2.75) is 6.42 Å². The Hall–Kier alpha value is -2.01. The van der Waals surface area contributed by atoms with Crippen molar-refractivity contribution >= 4 is 11.6 Å². The van der Waals surface area contributed by atoms with Gasteiger partial charge in [-0.15, -0.1) is 0 Å². The fourth-order valence-electron chi connectivity index (χ4n) is 1.51. The molecular weight excluding hydrogens is 256 g/mol. The van der Waals surface area contributed by atoms with E-state index in [1.54, 1.807) is 7.11 Å². The highest BCUT2D eigenvalue weighted by Crippen LogP contribution is 2.16. The maximum Gasteiger partial charge on any atom is 0.273 e. The van der Waals surface area contributed by atoms with E-state index in [0.29, 0.717) is 12.2 Å². The van der Waals surface area contributed by atoms with Gasteiger partial charge in [0.2, 0.25) is 5.88 Å². The molecule has 2 N–H and O–H groups in total. The standard InChI is InChI=1S/C12H11ClN2O3/c1-18-8-4-2-7(3-5-8)6-9-14-11(16)10(13)12(17)15-9/h2-5H,6H2,1H3,(H2,14,15,16,17). The molecule has 0 aliphatic rings. The van der Waals surface area contributed by atoms with Crippen molar-refractivity contribution < 1.29 is 9.84 Å². The van der Waals surface area contributed by atoms with Crippen LogP contribution in [-0.2, 0) is 6.42 Å². The maximum absolute atomic E-state index is 11.3. The van der Waals surface area contributed by atoms with Gasteiger partial charge in [0.1, 0.15) is 11.6 Å². The number of aromatic nitrogens is 2. The van der Waals surface area contributed by atoms with Crippen LogP contribution in [0.15, 0.2) is 29.1 Å². The van der Waals surface area contributed by atoms with Gasteiger partial charge in [-0.2, -0.15) is 4.98 Å². The summed E-state index contributed by atoms with van der Waals surface area (Å²) < 4.78 is 5.04. The number of nitrogens with zero attached hydrogens (tertiary/aromatic N) is 1. The summed E-state index contributed by atoms with van der Waals surface area (Å²) in [6.07, 6.45) is 0.393. The topological polar surface area (TPSA) is 75.2 Å². The number of nitrogens with one attached hydrogen (secondary N) is 1. The van der Waals surface area contributed by atoms with Crippen molar-refractivity contribution in [3.05, 3.63) is 51.0 Å². The molecule has 1 aromatic heterocycles. The summed E-state index contributed by atoms with van der Waals surface area (Å²) in [4.78, 5) is 17.7. The van der Waals surface area contributed by atoms with Crippen LogP contribution in [0.4, 0.5) is 0 Å². The average Bonchev–Trinajstić information content (AvgIpc) is 2.37. The van der Waals surface area contributed by atoms with Gasteiger partial charge in [-0.25, -0.2) is 0 Å². The molecule has 0 atom stereocenters. The number of benzene rings is 1. The van der Waals surface area contributed by atoms with Crippen LogP contribution < -0.4 is 10.3 Å². The summed E-state index contributed by atoms with van der Waals surface area (Å²) in [7, 11) is 1.59. The molecule has 2 aromatic rings. The molecule has 18 heavy (non-hydrogen) atoms. The number of rotatable bonds is 3. The Morgan fingerprint density at radius 3 is 2.61 bits per heavy atom. The van der Waals surface area contributed by atoms with Crippen molar-refractivity contribution in [1.82, 2.24) is 9.97 Å². The van der Waals surface area contributed by atoms with E-state index in [2.05, 4.69) is 9.97 Å². The summed E-state index contributed by atoms with van der Waals surface area (Å²) in [5, 5.41) is 9.06. The Balaban J connectivity index is 2.25. The zero-order valence-corrected chi connectivity index (χ0v) is 10.4. The first-order chi connectivity index (χ1) is 8.60. The van der Waals surface area contributed by atoms with Crippen LogP contribution in [0.1, 0.15) is 11.4 Å². The van der Waals surface area contributed by atoms with Crippen molar-refractivity contribution in [3.63, 3.8) is 0 Å². The highest BCUT2D eigenvalue weighted by atomic mass is 35.5. The van der Waals surface area contributed by atoms with E-state index in [0.717, 1.165) is 11.3 Å². The van der Waals surface area contributed by atoms with Gasteiger partial charge in [-0.3, -0.25) is 4.79 Å². The van der Waals surface area contributed by atoms with Gasteiger partial charge in [0, 0.05) is 6.42 Å². The Morgan fingerprint density at radius 1 is 1.39 bits per heavy atom. The number of hydrogen-bond donors (Lipinski definition) is 2. The third-order valence-corrected chi connectivity index (χ3v) is 2.77. The molecule has 5 nitrogen and oxygen atoms in total. The Bertz CT molecular complexity index is 608. The Morgan fingerprint density at radius 2 is 2.06 bits per heavy atom. The van der Waals surface area contributed by atoms with Crippen LogP contribution in [0, 0.1) is 0 Å². The first-order valence-corrected chi connectivity index (χ1v) is 5.58. The molecule has 0 unspecified atom stereocenters. The Labute approximate surface area is 108 Å². The fourth-order valence-corrected chi connectivity index (χ4v) is 1.60. The van der Waals surface area contributed by atoms with E-state index in [1.165, 1.54) is 0 Å². The third-order valence-electron chi connectivity index (χ3n) is 2.42. The van der Waals surface area contributed by atoms with Crippen LogP contribution in [0.5, 0.6) is 11.6 Å². The molecule has 94 valence electrons. The second kappa shape index (κ2) is 5.10. The van der Waals surface area contributed by atoms with Crippen molar-refractivity contribution in [2.75, 3.05) is 7.11 Å². The van der Waals surface area contributed by atoms with Crippen LogP contribution in [0.25, 0.3) is 0 Å². The molecular formula is C12H11ClN2O3. The fraction of sp³-hybridized carbons (Fsp3) is 0.167. The highest BCUT2D eigenvalue weighted by molar-refractivity contribution is 6.31. The van der Waals surface area contributed by atoms with E-state index in [-0.39, 0.29) is 5.02 Å². The molecule has 1 heterocycles. The Kier molecular flexibility index (Phi) is 3.53. The van der Waals surface area contributed by atoms with E-state index in [4.69, 9.17) is 16.3 Å². The molecule has 6 heteroatoms. The van der Waals surface area contributed by atoms with Crippen molar-refractivity contribution in [1.29, 1.82) is 0 Å². The number of aromatic hydroxyl groups is 1. The maximum atomic E-state index is 11.3. The van der Waals surface area contributed by atoms with Gasteiger partial charge in [-0.05, 0) is 17.7 Å². The van der Waals surface area contributed by atoms with Crippen LogP contribution in [0.2, 0.25) is 5.02 Å². The van der Waals surface area contributed by atoms with Gasteiger partial charge >= 0.3 is 0 Å². The van der Waals surface area contributed by atoms with Crippen LogP contribution in [0.3, 0.4) is 0 Å². The minimum absolute atomic E-state index is 0.298. The van der Waals surface area contributed by atoms with Gasteiger partial charge in [0.15, 0.2) is 5.02 Å². The largest absolute Gasteiger partial charge is 0.497 e. The van der Waals surface area contributed by atoms with Crippen molar-refractivity contribution in [3.8, 4) is 11.6 Å². The molecule has 0 bridgehead atoms. The third kappa shape index (κ3) is 2.62. The lowest BCUT2D eigenvalue weighted by Gasteiger charge is -2.04. The van der Waals surface area contributed by atoms with Gasteiger partial charge in [0.25, 0.3) is 5.56 Å². The number of methoxy groups -OCH3 is 1. The number of halogens is 1. The smallest absolute Gasteiger partial charge is 0.273 e. The average molecular weight is 267 g/mol. The van der Waals surface area contributed by atoms with E-state index in [9.17, 15) is 9.90 Å². The molecule has 0 saturated heterocycles. The summed E-state index contributed by atoms with van der Waals surface area (Å²) in [6, 6.07) is 7.32. The van der Waals surface area contributed by atoms with Gasteiger partial charge < -0.3 is 14.8 Å². The molecule has 0 saturated carbocycles. The molecule has 1 aromatic carbocycles. The normalized spacial score (nSPS) is 10.3. The molecule has 2 rings (SSSR count). The number of hydrogen-bond acceptors (Lipinski definition) is 4. The molecule has 0 radical (unpaired) electrons. The minimum Gasteiger partial charge on any atom is -0.497 e. The summed E-state index contributed by atoms with van der Waals surface area (Å²) in [5.74, 6) is 0.648. The molecule has 0 spiro atoms. The first-order valence-electron chi connectivity index (χ1n) is 5.20. The number of H-pyrrole nitrogens is 1. The zero-order chi connectivity index (χ0) is 13.1. The highest BCUT2D eigenvalue weighted by Gasteiger charge is 2.08. The van der Waals surface area contributed by atoms with Crippen LogP contribution in [-0.4, -0.2) is 22.2 Å². The van der Waals surface area contributed by atoms with Gasteiger partial charge in [-0.1, -0.05) is 23.7 Å². The second-order valence-electron chi connectivity index (χ2n) is 3.68. The van der Waals surface area contributed by atoms with Crippen LogP contribution >= 0.6 is 11.6 Å². The minimum atomic E-state index is -0.548. The summed E-state index contributed by atoms with van der Waals surface area (Å²) >= 11 is 5.52. The molecule has 0 fully saturated rings. The first kappa shape index (κ1) is 12.4. The monoisotopic (exact) mass is 266 g/mol. The summed E-state index contributed by atoms with van der Waals surface area (Å²) in [6.45, 7) is 0. The van der Waals surface area contributed by atoms with E-state index < -0.39 is 11.4 Å². The lowest BCUT2D eigenvalue weighted by Crippen LogP contribution is -2.12. The molecule has 0 aliphatic heterocycles.